The first kappa shape index (κ1) is 17.3. The highest BCUT2D eigenvalue weighted by molar-refractivity contribution is 5.97. The zero-order chi connectivity index (χ0) is 16.0. The van der Waals surface area contributed by atoms with Gasteiger partial charge in [-0.15, -0.1) is 0 Å². The molecule has 1 aromatic rings. The summed E-state index contributed by atoms with van der Waals surface area (Å²) in [6.07, 6.45) is -4.56. The monoisotopic (exact) mass is 304 g/mol. The number of halogens is 3. The zero-order valence-corrected chi connectivity index (χ0v) is 12.0. The number of amidine groups is 1. The number of hydrogen-bond donors (Lipinski definition) is 2. The van der Waals surface area contributed by atoms with E-state index >= 15 is 0 Å². The van der Waals surface area contributed by atoms with Gasteiger partial charge in [0, 0.05) is 12.2 Å². The van der Waals surface area contributed by atoms with E-state index < -0.39 is 17.6 Å². The summed E-state index contributed by atoms with van der Waals surface area (Å²) in [5.41, 5.74) is 3.86. The highest BCUT2D eigenvalue weighted by atomic mass is 19.4. The molecule has 0 spiro atoms. The van der Waals surface area contributed by atoms with Crippen LogP contribution in [0.4, 0.5) is 13.2 Å². The van der Waals surface area contributed by atoms with Crippen molar-refractivity contribution < 1.29 is 22.6 Å². The molecule has 21 heavy (non-hydrogen) atoms. The van der Waals surface area contributed by atoms with Gasteiger partial charge in [0.2, 0.25) is 0 Å². The quantitative estimate of drug-likeness (QED) is 0.462. The summed E-state index contributed by atoms with van der Waals surface area (Å²) in [6, 6.07) is 3.19. The molecule has 0 bridgehead atoms. The molecule has 0 unspecified atom stereocenters. The lowest BCUT2D eigenvalue weighted by Gasteiger charge is -2.14. The molecule has 118 valence electrons. The molecule has 7 heteroatoms. The number of ether oxygens (including phenoxy) is 2. The maximum absolute atomic E-state index is 12.8. The average Bonchev–Trinajstić information content (AvgIpc) is 2.36. The summed E-state index contributed by atoms with van der Waals surface area (Å²) < 4.78 is 48.9. The zero-order valence-electron chi connectivity index (χ0n) is 12.0. The molecule has 0 atom stereocenters. The summed E-state index contributed by atoms with van der Waals surface area (Å²) in [6.45, 7) is 5.17. The molecule has 0 aliphatic carbocycles. The van der Waals surface area contributed by atoms with Crippen molar-refractivity contribution in [2.75, 3.05) is 19.8 Å². The van der Waals surface area contributed by atoms with Gasteiger partial charge in [0.05, 0.1) is 12.2 Å². The van der Waals surface area contributed by atoms with Gasteiger partial charge in [0.1, 0.15) is 18.2 Å². The van der Waals surface area contributed by atoms with Gasteiger partial charge >= 0.3 is 6.18 Å². The van der Waals surface area contributed by atoms with E-state index in [9.17, 15) is 13.2 Å². The van der Waals surface area contributed by atoms with E-state index in [2.05, 4.69) is 0 Å². The van der Waals surface area contributed by atoms with Gasteiger partial charge in [-0.05, 0) is 24.1 Å². The molecule has 0 saturated carbocycles. The molecule has 1 rings (SSSR count). The highest BCUT2D eigenvalue weighted by Crippen LogP contribution is 2.33. The Balaban J connectivity index is 2.69. The molecule has 0 heterocycles. The lowest BCUT2D eigenvalue weighted by Crippen LogP contribution is -2.19. The summed E-state index contributed by atoms with van der Waals surface area (Å²) in [5.74, 6) is -0.0226. The standard InChI is InChI=1S/C14H19F3N2O2/c1-9(2)8-20-5-6-21-10-3-4-12(14(15,16)17)11(7-10)13(18)19/h3-4,7,9H,5-6,8H2,1-2H3,(H3,18,19). The lowest BCUT2D eigenvalue weighted by atomic mass is 10.1. The fourth-order valence-electron chi connectivity index (χ4n) is 1.62. The van der Waals surface area contributed by atoms with Crippen molar-refractivity contribution in [1.82, 2.24) is 0 Å². The van der Waals surface area contributed by atoms with E-state index in [1.54, 1.807) is 0 Å². The van der Waals surface area contributed by atoms with Crippen LogP contribution in [0.15, 0.2) is 18.2 Å². The van der Waals surface area contributed by atoms with Crippen LogP contribution in [0.25, 0.3) is 0 Å². The Kier molecular flexibility index (Phi) is 6.02. The summed E-state index contributed by atoms with van der Waals surface area (Å²) in [7, 11) is 0. The minimum atomic E-state index is -4.56. The minimum Gasteiger partial charge on any atom is -0.491 e. The average molecular weight is 304 g/mol. The molecule has 0 aromatic heterocycles. The first-order valence-electron chi connectivity index (χ1n) is 6.48. The second-order valence-corrected chi connectivity index (χ2v) is 4.94. The van der Waals surface area contributed by atoms with Crippen LogP contribution in [0.2, 0.25) is 0 Å². The van der Waals surface area contributed by atoms with Crippen LogP contribution < -0.4 is 10.5 Å². The molecule has 0 fully saturated rings. The lowest BCUT2D eigenvalue weighted by molar-refractivity contribution is -0.137. The fraction of sp³-hybridized carbons (Fsp3) is 0.500. The normalized spacial score (nSPS) is 11.7. The minimum absolute atomic E-state index is 0.218. The first-order valence-corrected chi connectivity index (χ1v) is 6.48. The van der Waals surface area contributed by atoms with Crippen molar-refractivity contribution in [3.8, 4) is 5.75 Å². The topological polar surface area (TPSA) is 68.3 Å². The highest BCUT2D eigenvalue weighted by Gasteiger charge is 2.34. The molecule has 0 radical (unpaired) electrons. The number of nitrogens with two attached hydrogens (primary N) is 1. The van der Waals surface area contributed by atoms with Gasteiger partial charge in [0.15, 0.2) is 0 Å². The molecule has 3 N–H and O–H groups in total. The van der Waals surface area contributed by atoms with Crippen molar-refractivity contribution in [2.24, 2.45) is 11.7 Å². The van der Waals surface area contributed by atoms with Crippen molar-refractivity contribution in [1.29, 1.82) is 5.41 Å². The number of hydrogen-bond acceptors (Lipinski definition) is 3. The second-order valence-electron chi connectivity index (χ2n) is 4.94. The Hall–Kier alpha value is -1.76. The van der Waals surface area contributed by atoms with E-state index in [0.29, 0.717) is 19.1 Å². The maximum Gasteiger partial charge on any atom is 0.417 e. The molecule has 4 nitrogen and oxygen atoms in total. The second kappa shape index (κ2) is 7.31. The Labute approximate surface area is 121 Å². The van der Waals surface area contributed by atoms with Crippen molar-refractivity contribution in [3.63, 3.8) is 0 Å². The summed E-state index contributed by atoms with van der Waals surface area (Å²) in [4.78, 5) is 0. The van der Waals surface area contributed by atoms with Crippen LogP contribution in [0.3, 0.4) is 0 Å². The SMILES string of the molecule is CC(C)COCCOc1ccc(C(F)(F)F)c(C(=N)N)c1. The molecular formula is C14H19F3N2O2. The summed E-state index contributed by atoms with van der Waals surface area (Å²) in [5, 5.41) is 7.24. The number of nitrogens with one attached hydrogen (secondary N) is 1. The Morgan fingerprint density at radius 2 is 1.95 bits per heavy atom. The van der Waals surface area contributed by atoms with Gasteiger partial charge in [0.25, 0.3) is 0 Å². The van der Waals surface area contributed by atoms with Crippen molar-refractivity contribution in [2.45, 2.75) is 20.0 Å². The van der Waals surface area contributed by atoms with E-state index in [0.717, 1.165) is 12.1 Å². The van der Waals surface area contributed by atoms with Gasteiger partial charge in [-0.1, -0.05) is 13.8 Å². The Bertz CT molecular complexity index is 488. The van der Waals surface area contributed by atoms with E-state index in [1.807, 2.05) is 13.8 Å². The number of alkyl halides is 3. The van der Waals surface area contributed by atoms with Crippen LogP contribution >= 0.6 is 0 Å². The van der Waals surface area contributed by atoms with Gasteiger partial charge < -0.3 is 15.2 Å². The molecule has 0 aliphatic rings. The third-order valence-electron chi connectivity index (χ3n) is 2.53. The van der Waals surface area contributed by atoms with Crippen molar-refractivity contribution >= 4 is 5.84 Å². The van der Waals surface area contributed by atoms with Crippen molar-refractivity contribution in [3.05, 3.63) is 29.3 Å². The first-order chi connectivity index (χ1) is 9.71. The molecule has 1 aromatic carbocycles. The van der Waals surface area contributed by atoms with Crippen LogP contribution in [-0.2, 0) is 10.9 Å². The van der Waals surface area contributed by atoms with Gasteiger partial charge in [-0.2, -0.15) is 13.2 Å². The van der Waals surface area contributed by atoms with Crippen LogP contribution in [0, 0.1) is 11.3 Å². The third kappa shape index (κ3) is 5.63. The van der Waals surface area contributed by atoms with Gasteiger partial charge in [-0.3, -0.25) is 5.41 Å². The van der Waals surface area contributed by atoms with Crippen LogP contribution in [0.5, 0.6) is 5.75 Å². The molecule has 0 amide bonds. The molecule has 0 saturated heterocycles. The summed E-state index contributed by atoms with van der Waals surface area (Å²) >= 11 is 0. The fourth-order valence-corrected chi connectivity index (χ4v) is 1.62. The predicted octanol–water partition coefficient (Wildman–Crippen LogP) is 3.04. The Morgan fingerprint density at radius 3 is 2.48 bits per heavy atom. The van der Waals surface area contributed by atoms with Crippen LogP contribution in [0.1, 0.15) is 25.0 Å². The number of rotatable bonds is 7. The Morgan fingerprint density at radius 1 is 1.29 bits per heavy atom. The predicted molar refractivity (Wildman–Crippen MR) is 73.6 cm³/mol. The van der Waals surface area contributed by atoms with E-state index in [1.165, 1.54) is 6.07 Å². The largest absolute Gasteiger partial charge is 0.491 e. The molecular weight excluding hydrogens is 285 g/mol. The smallest absolute Gasteiger partial charge is 0.417 e. The number of nitrogen functional groups attached to an aromatic ring is 1. The van der Waals surface area contributed by atoms with Gasteiger partial charge in [-0.25, -0.2) is 0 Å². The third-order valence-corrected chi connectivity index (χ3v) is 2.53. The molecule has 0 aliphatic heterocycles. The number of benzene rings is 1. The van der Waals surface area contributed by atoms with E-state index in [4.69, 9.17) is 20.6 Å². The maximum atomic E-state index is 12.8. The van der Waals surface area contributed by atoms with E-state index in [-0.39, 0.29) is 17.9 Å². The van der Waals surface area contributed by atoms with Crippen LogP contribution in [-0.4, -0.2) is 25.7 Å².